The lowest BCUT2D eigenvalue weighted by molar-refractivity contribution is 0.117. The molecule has 0 fully saturated rings. The Morgan fingerprint density at radius 3 is 2.67 bits per heavy atom. The fourth-order valence-electron chi connectivity index (χ4n) is 2.15. The molecular formula is C17H22O. The van der Waals surface area contributed by atoms with Crippen molar-refractivity contribution >= 4 is 0 Å². The third kappa shape index (κ3) is 4.89. The summed E-state index contributed by atoms with van der Waals surface area (Å²) in [6.07, 6.45) is 12.9. The monoisotopic (exact) mass is 242 g/mol. The Bertz CT molecular complexity index is 389. The first-order valence-electron chi connectivity index (χ1n) is 6.92. The Labute approximate surface area is 110 Å². The van der Waals surface area contributed by atoms with E-state index in [1.54, 1.807) is 0 Å². The van der Waals surface area contributed by atoms with Gasteiger partial charge in [-0.2, -0.15) is 0 Å². The zero-order chi connectivity index (χ0) is 12.5. The van der Waals surface area contributed by atoms with Crippen molar-refractivity contribution in [1.82, 2.24) is 0 Å². The van der Waals surface area contributed by atoms with Gasteiger partial charge in [0.2, 0.25) is 0 Å². The molecule has 1 aromatic carbocycles. The van der Waals surface area contributed by atoms with Crippen molar-refractivity contribution in [3.63, 3.8) is 0 Å². The van der Waals surface area contributed by atoms with Gasteiger partial charge in [0.05, 0.1) is 6.61 Å². The van der Waals surface area contributed by atoms with Gasteiger partial charge < -0.3 is 4.74 Å². The lowest BCUT2D eigenvalue weighted by Gasteiger charge is -2.07. The maximum Gasteiger partial charge on any atom is 0.0716 e. The molecule has 0 aliphatic heterocycles. The minimum Gasteiger partial charge on any atom is -0.377 e. The third-order valence-corrected chi connectivity index (χ3v) is 3.19. The van der Waals surface area contributed by atoms with Crippen molar-refractivity contribution in [3.05, 3.63) is 59.7 Å². The molecule has 1 aliphatic carbocycles. The van der Waals surface area contributed by atoms with Crippen LogP contribution in [0.25, 0.3) is 0 Å². The minimum atomic E-state index is 0.740. The highest BCUT2D eigenvalue weighted by atomic mass is 16.5. The lowest BCUT2D eigenvalue weighted by Crippen LogP contribution is -1.96. The van der Waals surface area contributed by atoms with Crippen molar-refractivity contribution in [2.45, 2.75) is 38.7 Å². The second kappa shape index (κ2) is 7.88. The van der Waals surface area contributed by atoms with E-state index in [0.717, 1.165) is 19.6 Å². The Morgan fingerprint density at radius 2 is 1.89 bits per heavy atom. The van der Waals surface area contributed by atoms with E-state index in [9.17, 15) is 0 Å². The molecule has 1 aromatic rings. The fourth-order valence-corrected chi connectivity index (χ4v) is 2.15. The van der Waals surface area contributed by atoms with Gasteiger partial charge in [0.15, 0.2) is 0 Å². The largest absolute Gasteiger partial charge is 0.377 e. The normalized spacial score (nSPS) is 14.6. The van der Waals surface area contributed by atoms with Gasteiger partial charge in [-0.25, -0.2) is 0 Å². The van der Waals surface area contributed by atoms with Crippen molar-refractivity contribution in [1.29, 1.82) is 0 Å². The van der Waals surface area contributed by atoms with Gasteiger partial charge >= 0.3 is 0 Å². The molecule has 0 saturated carbocycles. The second-order valence-corrected chi connectivity index (χ2v) is 4.75. The number of unbranched alkanes of at least 4 members (excludes halogenated alkanes) is 1. The first-order chi connectivity index (χ1) is 8.95. The maximum absolute atomic E-state index is 5.67. The molecule has 1 heteroatoms. The number of rotatable bonds is 7. The summed E-state index contributed by atoms with van der Waals surface area (Å²) in [6, 6.07) is 10.4. The smallest absolute Gasteiger partial charge is 0.0716 e. The molecule has 0 atom stereocenters. The summed E-state index contributed by atoms with van der Waals surface area (Å²) in [4.78, 5) is 0. The van der Waals surface area contributed by atoms with Gasteiger partial charge in [0.1, 0.15) is 0 Å². The first-order valence-corrected chi connectivity index (χ1v) is 6.92. The van der Waals surface area contributed by atoms with Crippen LogP contribution in [0.15, 0.2) is 54.1 Å². The van der Waals surface area contributed by atoms with E-state index in [1.165, 1.54) is 36.8 Å². The van der Waals surface area contributed by atoms with Crippen LogP contribution in [0.5, 0.6) is 0 Å². The molecule has 2 rings (SSSR count). The number of benzene rings is 1. The van der Waals surface area contributed by atoms with Crippen molar-refractivity contribution in [2.24, 2.45) is 0 Å². The summed E-state index contributed by atoms with van der Waals surface area (Å²) in [6.45, 7) is 1.61. The Balaban J connectivity index is 1.51. The predicted molar refractivity (Wildman–Crippen MR) is 76.4 cm³/mol. The topological polar surface area (TPSA) is 9.23 Å². The van der Waals surface area contributed by atoms with Gasteiger partial charge in [-0.3, -0.25) is 0 Å². The summed E-state index contributed by atoms with van der Waals surface area (Å²) in [7, 11) is 0. The van der Waals surface area contributed by atoms with E-state index in [4.69, 9.17) is 4.74 Å². The molecule has 0 N–H and O–H groups in total. The van der Waals surface area contributed by atoms with E-state index in [2.05, 4.69) is 42.5 Å². The predicted octanol–water partition coefficient (Wildman–Crippen LogP) is 4.65. The van der Waals surface area contributed by atoms with Crippen LogP contribution in [0.2, 0.25) is 0 Å². The van der Waals surface area contributed by atoms with Gasteiger partial charge in [0, 0.05) is 6.61 Å². The molecule has 0 heterocycles. The van der Waals surface area contributed by atoms with Crippen LogP contribution in [0.1, 0.15) is 37.7 Å². The standard InChI is InChI=1S/C17H22O/c1-3-9-16(10-4-1)11-7-8-14-18-15-17-12-5-2-6-13-17/h2-3,5-6,9-10,12-13H,1,4,7-8,11,14-15H2. The summed E-state index contributed by atoms with van der Waals surface area (Å²) in [5.74, 6) is 0. The number of ether oxygens (including phenoxy) is 1. The van der Waals surface area contributed by atoms with Gasteiger partial charge in [0.25, 0.3) is 0 Å². The van der Waals surface area contributed by atoms with Gasteiger partial charge in [-0.05, 0) is 37.7 Å². The van der Waals surface area contributed by atoms with Crippen LogP contribution in [-0.4, -0.2) is 6.61 Å². The maximum atomic E-state index is 5.67. The van der Waals surface area contributed by atoms with Crippen LogP contribution in [0.3, 0.4) is 0 Å². The quantitative estimate of drug-likeness (QED) is 0.632. The molecule has 0 radical (unpaired) electrons. The molecule has 1 nitrogen and oxygen atoms in total. The molecule has 1 aliphatic rings. The second-order valence-electron chi connectivity index (χ2n) is 4.75. The van der Waals surface area contributed by atoms with E-state index in [0.29, 0.717) is 0 Å². The van der Waals surface area contributed by atoms with Crippen LogP contribution in [0.4, 0.5) is 0 Å². The van der Waals surface area contributed by atoms with Crippen molar-refractivity contribution in [3.8, 4) is 0 Å². The Morgan fingerprint density at radius 1 is 1.00 bits per heavy atom. The van der Waals surface area contributed by atoms with E-state index in [1.807, 2.05) is 6.07 Å². The Kier molecular flexibility index (Phi) is 5.74. The zero-order valence-electron chi connectivity index (χ0n) is 11.0. The molecule has 0 aromatic heterocycles. The molecule has 0 amide bonds. The molecule has 0 spiro atoms. The van der Waals surface area contributed by atoms with E-state index < -0.39 is 0 Å². The summed E-state index contributed by atoms with van der Waals surface area (Å²) < 4.78 is 5.67. The van der Waals surface area contributed by atoms with Crippen LogP contribution < -0.4 is 0 Å². The highest BCUT2D eigenvalue weighted by molar-refractivity contribution is 5.21. The van der Waals surface area contributed by atoms with Crippen molar-refractivity contribution in [2.75, 3.05) is 6.61 Å². The molecule has 0 bridgehead atoms. The molecule has 18 heavy (non-hydrogen) atoms. The lowest BCUT2D eigenvalue weighted by atomic mass is 10.0. The fraction of sp³-hybridized carbons (Fsp3) is 0.412. The third-order valence-electron chi connectivity index (χ3n) is 3.19. The van der Waals surface area contributed by atoms with Gasteiger partial charge in [-0.15, -0.1) is 0 Å². The number of hydrogen-bond donors (Lipinski definition) is 0. The molecule has 96 valence electrons. The average Bonchev–Trinajstić information content (AvgIpc) is 2.45. The van der Waals surface area contributed by atoms with Crippen LogP contribution in [0, 0.1) is 0 Å². The first kappa shape index (κ1) is 13.1. The summed E-state index contributed by atoms with van der Waals surface area (Å²) in [5.41, 5.74) is 2.76. The minimum absolute atomic E-state index is 0.740. The number of hydrogen-bond acceptors (Lipinski definition) is 1. The van der Waals surface area contributed by atoms with Crippen molar-refractivity contribution < 1.29 is 4.74 Å². The van der Waals surface area contributed by atoms with Gasteiger partial charge in [-0.1, -0.05) is 54.1 Å². The SMILES string of the molecule is C1=CC(CCCCOCc2ccccc2)=CCC1. The molecular weight excluding hydrogens is 220 g/mol. The zero-order valence-corrected chi connectivity index (χ0v) is 11.0. The number of allylic oxidation sites excluding steroid dienone is 4. The molecule has 0 saturated heterocycles. The summed E-state index contributed by atoms with van der Waals surface area (Å²) in [5, 5.41) is 0. The van der Waals surface area contributed by atoms with E-state index >= 15 is 0 Å². The average molecular weight is 242 g/mol. The summed E-state index contributed by atoms with van der Waals surface area (Å²) >= 11 is 0. The Hall–Kier alpha value is -1.34. The van der Waals surface area contributed by atoms with Crippen LogP contribution in [-0.2, 0) is 11.3 Å². The van der Waals surface area contributed by atoms with Crippen LogP contribution >= 0.6 is 0 Å². The highest BCUT2D eigenvalue weighted by Crippen LogP contribution is 2.15. The molecule has 0 unspecified atom stereocenters. The van der Waals surface area contributed by atoms with E-state index in [-0.39, 0.29) is 0 Å². The highest BCUT2D eigenvalue weighted by Gasteiger charge is 1.98.